The van der Waals surface area contributed by atoms with Crippen LogP contribution in [0.4, 0.5) is 0 Å². The zero-order valence-electron chi connectivity index (χ0n) is 17.3. The summed E-state index contributed by atoms with van der Waals surface area (Å²) in [4.78, 5) is 23.2. The molecule has 0 amide bonds. The van der Waals surface area contributed by atoms with Crippen molar-refractivity contribution in [1.29, 1.82) is 0 Å². The van der Waals surface area contributed by atoms with E-state index in [1.807, 2.05) is 0 Å². The van der Waals surface area contributed by atoms with Gasteiger partial charge in [0.2, 0.25) is 6.29 Å². The van der Waals surface area contributed by atoms with Crippen LogP contribution in [-0.2, 0) is 23.8 Å². The van der Waals surface area contributed by atoms with E-state index in [-0.39, 0.29) is 35.4 Å². The zero-order chi connectivity index (χ0) is 20.3. The van der Waals surface area contributed by atoms with Crippen molar-refractivity contribution >= 4 is 11.9 Å². The SMILES string of the molecule is CC(=O)OCC12CCC3C(C)(C)CCCC3(C)C1CC(C1=CC(=O)OC1O)O2. The number of rotatable bonds is 3. The van der Waals surface area contributed by atoms with Crippen LogP contribution in [0.15, 0.2) is 11.6 Å². The third-order valence-corrected chi connectivity index (χ3v) is 8.08. The molecule has 2 aliphatic heterocycles. The van der Waals surface area contributed by atoms with E-state index in [1.165, 1.54) is 25.8 Å². The Hall–Kier alpha value is -1.40. The van der Waals surface area contributed by atoms with Crippen molar-refractivity contribution in [3.63, 3.8) is 0 Å². The molecule has 0 radical (unpaired) electrons. The molecular formula is C22H32O6. The molecule has 0 aromatic carbocycles. The molecule has 1 saturated heterocycles. The van der Waals surface area contributed by atoms with Crippen molar-refractivity contribution in [3.05, 3.63) is 11.6 Å². The van der Waals surface area contributed by atoms with Crippen LogP contribution in [0.3, 0.4) is 0 Å². The number of fused-ring (bicyclic) bond motifs is 3. The van der Waals surface area contributed by atoms with Gasteiger partial charge in [-0.15, -0.1) is 0 Å². The first kappa shape index (κ1) is 19.9. The number of cyclic esters (lactones) is 1. The Bertz CT molecular complexity index is 712. The molecular weight excluding hydrogens is 360 g/mol. The number of aliphatic hydroxyl groups is 1. The number of carbonyl (C=O) groups is 2. The van der Waals surface area contributed by atoms with Gasteiger partial charge in [-0.2, -0.15) is 0 Å². The second-order valence-electron chi connectivity index (χ2n) is 10.1. The quantitative estimate of drug-likeness (QED) is 0.743. The highest BCUT2D eigenvalue weighted by Gasteiger charge is 2.64. The predicted octanol–water partition coefficient (Wildman–Crippen LogP) is 3.12. The average molecular weight is 392 g/mol. The fourth-order valence-electron chi connectivity index (χ4n) is 6.94. The monoisotopic (exact) mass is 392 g/mol. The lowest BCUT2D eigenvalue weighted by molar-refractivity contribution is -0.190. The van der Waals surface area contributed by atoms with Gasteiger partial charge < -0.3 is 19.3 Å². The molecule has 1 N–H and O–H groups in total. The minimum absolute atomic E-state index is 0.0733. The highest BCUT2D eigenvalue weighted by molar-refractivity contribution is 5.85. The maximum atomic E-state index is 11.6. The normalized spacial score (nSPS) is 44.3. The topological polar surface area (TPSA) is 82.1 Å². The first-order valence-corrected chi connectivity index (χ1v) is 10.5. The molecule has 156 valence electrons. The van der Waals surface area contributed by atoms with Gasteiger partial charge in [-0.3, -0.25) is 4.79 Å². The van der Waals surface area contributed by atoms with E-state index >= 15 is 0 Å². The molecule has 4 aliphatic rings. The van der Waals surface area contributed by atoms with Crippen LogP contribution >= 0.6 is 0 Å². The van der Waals surface area contributed by atoms with Crippen LogP contribution in [0.2, 0.25) is 0 Å². The van der Waals surface area contributed by atoms with E-state index in [9.17, 15) is 14.7 Å². The molecule has 6 heteroatoms. The molecule has 0 spiro atoms. The fourth-order valence-corrected chi connectivity index (χ4v) is 6.94. The Morgan fingerprint density at radius 2 is 2.00 bits per heavy atom. The molecule has 2 aliphatic carbocycles. The Labute approximate surface area is 166 Å². The first-order chi connectivity index (χ1) is 13.1. The third kappa shape index (κ3) is 3.00. The summed E-state index contributed by atoms with van der Waals surface area (Å²) in [5.74, 6) is -0.0636. The summed E-state index contributed by atoms with van der Waals surface area (Å²) in [5, 5.41) is 10.2. The summed E-state index contributed by atoms with van der Waals surface area (Å²) in [5.41, 5.74) is 0.270. The summed E-state index contributed by atoms with van der Waals surface area (Å²) >= 11 is 0. The summed E-state index contributed by atoms with van der Waals surface area (Å²) in [7, 11) is 0. The third-order valence-electron chi connectivity index (χ3n) is 8.08. The second kappa shape index (κ2) is 6.56. The lowest BCUT2D eigenvalue weighted by atomic mass is 9.45. The maximum Gasteiger partial charge on any atom is 0.333 e. The van der Waals surface area contributed by atoms with Crippen molar-refractivity contribution in [2.24, 2.45) is 22.7 Å². The van der Waals surface area contributed by atoms with E-state index in [2.05, 4.69) is 20.8 Å². The molecule has 0 aromatic rings. The summed E-state index contributed by atoms with van der Waals surface area (Å²) in [6.07, 6.45) is 5.83. The number of hydrogen-bond donors (Lipinski definition) is 1. The van der Waals surface area contributed by atoms with Gasteiger partial charge in [0.15, 0.2) is 0 Å². The largest absolute Gasteiger partial charge is 0.463 e. The molecule has 2 heterocycles. The van der Waals surface area contributed by atoms with E-state index in [0.717, 1.165) is 19.3 Å². The van der Waals surface area contributed by atoms with Gasteiger partial charge >= 0.3 is 11.9 Å². The van der Waals surface area contributed by atoms with Gasteiger partial charge in [0, 0.05) is 18.6 Å². The van der Waals surface area contributed by atoms with Crippen LogP contribution in [0.1, 0.15) is 66.2 Å². The van der Waals surface area contributed by atoms with E-state index in [4.69, 9.17) is 14.2 Å². The number of ether oxygens (including phenoxy) is 3. The smallest absolute Gasteiger partial charge is 0.333 e. The Balaban J connectivity index is 1.69. The first-order valence-electron chi connectivity index (χ1n) is 10.5. The minimum atomic E-state index is -1.24. The molecule has 3 fully saturated rings. The van der Waals surface area contributed by atoms with Crippen LogP contribution in [-0.4, -0.2) is 41.6 Å². The zero-order valence-corrected chi connectivity index (χ0v) is 17.3. The van der Waals surface area contributed by atoms with Crippen LogP contribution in [0, 0.1) is 22.7 Å². The summed E-state index contributed by atoms with van der Waals surface area (Å²) in [6, 6.07) is 0. The van der Waals surface area contributed by atoms with Gasteiger partial charge in [0.1, 0.15) is 12.2 Å². The lowest BCUT2D eigenvalue weighted by Gasteiger charge is -2.60. The number of hydrogen-bond acceptors (Lipinski definition) is 6. The summed E-state index contributed by atoms with van der Waals surface area (Å²) in [6.45, 7) is 8.77. The average Bonchev–Trinajstić information content (AvgIpc) is 3.13. The van der Waals surface area contributed by atoms with E-state index in [0.29, 0.717) is 17.9 Å². The second-order valence-corrected chi connectivity index (χ2v) is 10.1. The van der Waals surface area contributed by atoms with Crippen molar-refractivity contribution in [2.45, 2.75) is 84.2 Å². The van der Waals surface area contributed by atoms with E-state index < -0.39 is 17.9 Å². The molecule has 28 heavy (non-hydrogen) atoms. The molecule has 4 rings (SSSR count). The molecule has 6 atom stereocenters. The highest BCUT2D eigenvalue weighted by atomic mass is 16.6. The Morgan fingerprint density at radius 1 is 1.25 bits per heavy atom. The summed E-state index contributed by atoms with van der Waals surface area (Å²) < 4.78 is 16.9. The van der Waals surface area contributed by atoms with Crippen LogP contribution in [0.25, 0.3) is 0 Å². The van der Waals surface area contributed by atoms with Crippen LogP contribution in [0.5, 0.6) is 0 Å². The maximum absolute atomic E-state index is 11.6. The number of esters is 2. The highest BCUT2D eigenvalue weighted by Crippen LogP contribution is 2.66. The lowest BCUT2D eigenvalue weighted by Crippen LogP contribution is -2.58. The van der Waals surface area contributed by atoms with Crippen molar-refractivity contribution < 1.29 is 28.9 Å². The van der Waals surface area contributed by atoms with Gasteiger partial charge in [-0.1, -0.05) is 27.2 Å². The molecule has 2 saturated carbocycles. The minimum Gasteiger partial charge on any atom is -0.463 e. The van der Waals surface area contributed by atoms with E-state index in [1.54, 1.807) is 0 Å². The van der Waals surface area contributed by atoms with Gasteiger partial charge in [-0.05, 0) is 54.8 Å². The molecule has 6 nitrogen and oxygen atoms in total. The van der Waals surface area contributed by atoms with Crippen LogP contribution < -0.4 is 0 Å². The fraction of sp³-hybridized carbons (Fsp3) is 0.818. The Morgan fingerprint density at radius 3 is 2.64 bits per heavy atom. The van der Waals surface area contributed by atoms with Gasteiger partial charge in [0.25, 0.3) is 0 Å². The van der Waals surface area contributed by atoms with Gasteiger partial charge in [-0.25, -0.2) is 4.79 Å². The molecule has 0 bridgehead atoms. The number of carbonyl (C=O) groups excluding carboxylic acids is 2. The predicted molar refractivity (Wildman–Crippen MR) is 101 cm³/mol. The van der Waals surface area contributed by atoms with Crippen molar-refractivity contribution in [2.75, 3.05) is 6.61 Å². The van der Waals surface area contributed by atoms with Gasteiger partial charge in [0.05, 0.1) is 6.10 Å². The number of aliphatic hydroxyl groups excluding tert-OH is 1. The van der Waals surface area contributed by atoms with Crippen molar-refractivity contribution in [3.8, 4) is 0 Å². The van der Waals surface area contributed by atoms with Crippen molar-refractivity contribution in [1.82, 2.24) is 0 Å². The Kier molecular flexibility index (Phi) is 4.66. The molecule has 6 unspecified atom stereocenters. The molecule has 0 aromatic heterocycles. The standard InChI is InChI=1S/C22H32O6/c1-13(23)26-12-22-9-6-16-20(2,3)7-5-8-21(16,4)17(22)11-15(28-22)14-10-18(24)27-19(14)25/h10,15-17,19,25H,5-9,11-12H2,1-4H3.